The van der Waals surface area contributed by atoms with E-state index in [-0.39, 0.29) is 0 Å². The molecule has 7 aromatic rings. The summed E-state index contributed by atoms with van der Waals surface area (Å²) in [6.07, 6.45) is 6.23. The van der Waals surface area contributed by atoms with Crippen molar-refractivity contribution >= 4 is 61.9 Å². The van der Waals surface area contributed by atoms with Crippen LogP contribution in [0.1, 0.15) is 0 Å². The second-order valence-corrected chi connectivity index (χ2v) is 15.5. The summed E-state index contributed by atoms with van der Waals surface area (Å²) in [4.78, 5) is 9.38. The van der Waals surface area contributed by atoms with Crippen molar-refractivity contribution < 1.29 is 0 Å². The molecule has 4 nitrogen and oxygen atoms in total. The molecule has 0 unspecified atom stereocenters. The van der Waals surface area contributed by atoms with Crippen molar-refractivity contribution in [3.63, 3.8) is 0 Å². The molecule has 196 valence electrons. The fourth-order valence-corrected chi connectivity index (χ4v) is 11.5. The number of hydrogen-bond donors (Lipinski definition) is 0. The van der Waals surface area contributed by atoms with Gasteiger partial charge in [0, 0.05) is 42.1 Å². The molecule has 0 amide bonds. The van der Waals surface area contributed by atoms with Crippen LogP contribution in [-0.4, -0.2) is 36.2 Å². The molecule has 0 spiro atoms. The number of hydrogen-bond acceptors (Lipinski definition) is 3. The molecule has 9 rings (SSSR count). The normalized spacial score (nSPS) is 17.8. The van der Waals surface area contributed by atoms with E-state index in [0.717, 1.165) is 12.5 Å². The van der Waals surface area contributed by atoms with Crippen LogP contribution < -0.4 is 20.5 Å². The SMILES string of the molecule is CN1C=CN(c2ccc3c(c2)[Si@](C)(c2cc4ccc5cccc6c5c4c(c2)n6-c2ccccn2)c2ccccc2-3)C1. The quantitative estimate of drug-likeness (QED) is 0.201. The zero-order valence-electron chi connectivity index (χ0n) is 23.0. The van der Waals surface area contributed by atoms with Gasteiger partial charge in [0.05, 0.1) is 17.7 Å². The van der Waals surface area contributed by atoms with E-state index in [1.165, 1.54) is 65.0 Å². The molecule has 0 fully saturated rings. The van der Waals surface area contributed by atoms with Crippen molar-refractivity contribution in [1.82, 2.24) is 14.5 Å². The number of nitrogens with zero attached hydrogens (tertiary/aromatic N) is 4. The Morgan fingerprint density at radius 1 is 0.683 bits per heavy atom. The molecule has 41 heavy (non-hydrogen) atoms. The smallest absolute Gasteiger partial charge is 0.147 e. The summed E-state index contributed by atoms with van der Waals surface area (Å²) < 4.78 is 2.37. The first-order valence-corrected chi connectivity index (χ1v) is 16.7. The number of benzene rings is 5. The van der Waals surface area contributed by atoms with Crippen molar-refractivity contribution in [1.29, 1.82) is 0 Å². The summed E-state index contributed by atoms with van der Waals surface area (Å²) in [5, 5.41) is 9.65. The van der Waals surface area contributed by atoms with Gasteiger partial charge in [-0.15, -0.1) is 0 Å². The summed E-state index contributed by atoms with van der Waals surface area (Å²) in [5.41, 5.74) is 6.47. The fourth-order valence-electron chi connectivity index (χ4n) is 7.38. The van der Waals surface area contributed by atoms with Gasteiger partial charge >= 0.3 is 0 Å². The first kappa shape index (κ1) is 22.9. The second-order valence-electron chi connectivity index (χ2n) is 11.6. The first-order valence-electron chi connectivity index (χ1n) is 14.2. The third-order valence-electron chi connectivity index (χ3n) is 9.36. The molecule has 0 aliphatic carbocycles. The molecular formula is C36H28N4Si. The Kier molecular flexibility index (Phi) is 4.52. The Morgan fingerprint density at radius 2 is 1.51 bits per heavy atom. The molecule has 5 heteroatoms. The van der Waals surface area contributed by atoms with Gasteiger partial charge in [0.1, 0.15) is 13.9 Å². The summed E-state index contributed by atoms with van der Waals surface area (Å²) >= 11 is 0. The maximum absolute atomic E-state index is 4.82. The lowest BCUT2D eigenvalue weighted by Gasteiger charge is -2.28. The van der Waals surface area contributed by atoms with E-state index < -0.39 is 8.07 Å². The van der Waals surface area contributed by atoms with Crippen molar-refractivity contribution in [3.8, 4) is 16.9 Å². The third-order valence-corrected chi connectivity index (χ3v) is 13.8. The molecule has 2 aliphatic heterocycles. The summed E-state index contributed by atoms with van der Waals surface area (Å²) in [6.45, 7) is 3.42. The van der Waals surface area contributed by atoms with Gasteiger partial charge in [-0.25, -0.2) is 4.98 Å². The van der Waals surface area contributed by atoms with Crippen LogP contribution in [0.5, 0.6) is 0 Å². The summed E-state index contributed by atoms with van der Waals surface area (Å²) in [6, 6.07) is 38.6. The Balaban J connectivity index is 1.36. The maximum Gasteiger partial charge on any atom is 0.147 e. The highest BCUT2D eigenvalue weighted by atomic mass is 28.3. The minimum atomic E-state index is -2.35. The van der Waals surface area contributed by atoms with Gasteiger partial charge in [0.25, 0.3) is 0 Å². The summed E-state index contributed by atoms with van der Waals surface area (Å²) in [5.74, 6) is 0.959. The van der Waals surface area contributed by atoms with E-state index in [1.54, 1.807) is 0 Å². The lowest BCUT2D eigenvalue weighted by molar-refractivity contribution is 0.496. The van der Waals surface area contributed by atoms with Crippen LogP contribution in [0.25, 0.3) is 49.5 Å². The maximum atomic E-state index is 4.82. The Hall–Kier alpha value is -4.87. The van der Waals surface area contributed by atoms with Crippen LogP contribution in [0, 0.1) is 0 Å². The van der Waals surface area contributed by atoms with Crippen molar-refractivity contribution in [2.45, 2.75) is 6.55 Å². The molecule has 4 heterocycles. The number of aromatic nitrogens is 2. The molecule has 0 N–H and O–H groups in total. The van der Waals surface area contributed by atoms with Gasteiger partial charge in [-0.05, 0) is 73.9 Å². The molecule has 0 saturated heterocycles. The molecule has 2 aromatic heterocycles. The minimum Gasteiger partial charge on any atom is -0.361 e. The van der Waals surface area contributed by atoms with Crippen LogP contribution in [-0.2, 0) is 0 Å². The van der Waals surface area contributed by atoms with Gasteiger partial charge in [-0.3, -0.25) is 4.57 Å². The minimum absolute atomic E-state index is 0.872. The Bertz CT molecular complexity index is 2180. The van der Waals surface area contributed by atoms with Gasteiger partial charge in [0.2, 0.25) is 0 Å². The van der Waals surface area contributed by atoms with E-state index >= 15 is 0 Å². The Morgan fingerprint density at radius 3 is 2.37 bits per heavy atom. The monoisotopic (exact) mass is 544 g/mol. The molecule has 0 radical (unpaired) electrons. The number of anilines is 1. The number of pyridine rings is 1. The third kappa shape index (κ3) is 3.01. The zero-order chi connectivity index (χ0) is 27.3. The van der Waals surface area contributed by atoms with Crippen LogP contribution in [0.15, 0.2) is 122 Å². The van der Waals surface area contributed by atoms with E-state index in [4.69, 9.17) is 4.98 Å². The lowest BCUT2D eigenvalue weighted by Crippen LogP contribution is -2.62. The Labute approximate surface area is 239 Å². The predicted octanol–water partition coefficient (Wildman–Crippen LogP) is 6.03. The second kappa shape index (κ2) is 8.09. The standard InChI is InChI=1S/C36H28N4Si/c1-38-18-19-39(23-38)26-15-16-29-28-9-3-4-11-32(28)41(2,33(29)21-26)27-20-25-14-13-24-8-7-10-30-35(24)36(25)31(22-27)40(30)34-12-5-6-17-37-34/h3-22H,23H2,1-2H3/t41-/m1/s1. The van der Waals surface area contributed by atoms with E-state index in [9.17, 15) is 0 Å². The highest BCUT2D eigenvalue weighted by Crippen LogP contribution is 2.39. The van der Waals surface area contributed by atoms with Gasteiger partial charge in [0.15, 0.2) is 0 Å². The summed E-state index contributed by atoms with van der Waals surface area (Å²) in [7, 11) is -0.228. The van der Waals surface area contributed by atoms with Crippen LogP contribution in [0.2, 0.25) is 6.55 Å². The van der Waals surface area contributed by atoms with Crippen LogP contribution in [0.4, 0.5) is 5.69 Å². The average Bonchev–Trinajstić information content (AvgIpc) is 3.68. The average molecular weight is 545 g/mol. The molecule has 2 aliphatic rings. The lowest BCUT2D eigenvalue weighted by atomic mass is 10.0. The predicted molar refractivity (Wildman–Crippen MR) is 174 cm³/mol. The van der Waals surface area contributed by atoms with E-state index in [2.05, 4.69) is 137 Å². The van der Waals surface area contributed by atoms with Crippen LogP contribution in [0.3, 0.4) is 0 Å². The molecule has 0 saturated carbocycles. The van der Waals surface area contributed by atoms with Gasteiger partial charge in [-0.2, -0.15) is 0 Å². The zero-order valence-corrected chi connectivity index (χ0v) is 24.0. The van der Waals surface area contributed by atoms with E-state index in [0.29, 0.717) is 0 Å². The highest BCUT2D eigenvalue weighted by Gasteiger charge is 2.44. The van der Waals surface area contributed by atoms with Crippen molar-refractivity contribution in [2.24, 2.45) is 0 Å². The number of rotatable bonds is 3. The molecule has 5 aromatic carbocycles. The van der Waals surface area contributed by atoms with E-state index in [1.807, 2.05) is 12.3 Å². The first-order chi connectivity index (χ1) is 20.1. The topological polar surface area (TPSA) is 24.3 Å². The molecular weight excluding hydrogens is 517 g/mol. The van der Waals surface area contributed by atoms with Gasteiger partial charge in [-0.1, -0.05) is 73.3 Å². The van der Waals surface area contributed by atoms with Gasteiger partial charge < -0.3 is 9.80 Å². The number of fused-ring (bicyclic) bond motifs is 3. The fraction of sp³-hybridized carbons (Fsp3) is 0.0833. The largest absolute Gasteiger partial charge is 0.361 e. The molecule has 1 atom stereocenters. The van der Waals surface area contributed by atoms with Crippen molar-refractivity contribution in [3.05, 3.63) is 122 Å². The van der Waals surface area contributed by atoms with Crippen LogP contribution >= 0.6 is 0 Å². The highest BCUT2D eigenvalue weighted by molar-refractivity contribution is 7.13. The van der Waals surface area contributed by atoms with Crippen molar-refractivity contribution in [2.75, 3.05) is 18.6 Å². The molecule has 0 bridgehead atoms.